The topological polar surface area (TPSA) is 106 Å². The van der Waals surface area contributed by atoms with Gasteiger partial charge in [0.2, 0.25) is 0 Å². The molecule has 0 atom stereocenters. The summed E-state index contributed by atoms with van der Waals surface area (Å²) in [5.41, 5.74) is -0.206. The van der Waals surface area contributed by atoms with E-state index in [1.54, 1.807) is 0 Å². The molecule has 0 aliphatic rings. The number of hydrogen-bond acceptors (Lipinski definition) is 5. The van der Waals surface area contributed by atoms with Gasteiger partial charge in [-0.1, -0.05) is 0 Å². The maximum absolute atomic E-state index is 13.1. The second-order valence-corrected chi connectivity index (χ2v) is 5.85. The van der Waals surface area contributed by atoms with E-state index in [4.69, 9.17) is 9.84 Å². The smallest absolute Gasteiger partial charge is 0.335 e. The lowest BCUT2D eigenvalue weighted by Gasteiger charge is -2.12. The summed E-state index contributed by atoms with van der Waals surface area (Å²) in [5, 5.41) is 8.95. The molecule has 0 fully saturated rings. The molecular formula is C13H11FN2O5S. The number of halogens is 1. The number of carboxylic acid groups (broad SMARTS) is 1. The number of anilines is 1. The fourth-order valence-corrected chi connectivity index (χ4v) is 2.70. The Balaban J connectivity index is 2.44. The minimum absolute atomic E-state index is 0.0772. The number of pyridine rings is 1. The molecule has 0 spiro atoms. The molecule has 1 heterocycles. The number of nitrogens with zero attached hydrogens (tertiary/aromatic N) is 1. The third-order valence-corrected chi connectivity index (χ3v) is 4.01. The molecule has 0 saturated carbocycles. The summed E-state index contributed by atoms with van der Waals surface area (Å²) >= 11 is 0. The Bertz CT molecular complexity index is 823. The molecule has 2 N–H and O–H groups in total. The summed E-state index contributed by atoms with van der Waals surface area (Å²) in [7, 11) is -2.83. The molecule has 9 heteroatoms. The van der Waals surface area contributed by atoms with Crippen LogP contribution in [0.3, 0.4) is 0 Å². The van der Waals surface area contributed by atoms with Crippen LogP contribution in [0.1, 0.15) is 10.4 Å². The second-order valence-electron chi connectivity index (χ2n) is 4.16. The zero-order valence-corrected chi connectivity index (χ0v) is 12.1. The third kappa shape index (κ3) is 3.31. The Kier molecular flexibility index (Phi) is 4.27. The van der Waals surface area contributed by atoms with Gasteiger partial charge in [-0.05, 0) is 24.3 Å². The van der Waals surface area contributed by atoms with Gasteiger partial charge in [0.15, 0.2) is 0 Å². The highest BCUT2D eigenvalue weighted by molar-refractivity contribution is 7.92. The highest BCUT2D eigenvalue weighted by Crippen LogP contribution is 2.28. The molecular weight excluding hydrogens is 315 g/mol. The van der Waals surface area contributed by atoms with Crippen LogP contribution in [-0.2, 0) is 10.0 Å². The maximum Gasteiger partial charge on any atom is 0.335 e. The van der Waals surface area contributed by atoms with Gasteiger partial charge < -0.3 is 9.84 Å². The van der Waals surface area contributed by atoms with Gasteiger partial charge in [-0.25, -0.2) is 17.6 Å². The van der Waals surface area contributed by atoms with Gasteiger partial charge in [-0.15, -0.1) is 0 Å². The SMILES string of the molecule is COc1ccc(C(=O)O)cc1NS(=O)(=O)c1cncc(F)c1. The van der Waals surface area contributed by atoms with Crippen LogP contribution in [0.4, 0.5) is 10.1 Å². The van der Waals surface area contributed by atoms with Crippen LogP contribution in [0.2, 0.25) is 0 Å². The van der Waals surface area contributed by atoms with Crippen LogP contribution in [0.25, 0.3) is 0 Å². The molecule has 0 radical (unpaired) electrons. The first-order valence-corrected chi connectivity index (χ1v) is 7.36. The zero-order chi connectivity index (χ0) is 16.3. The molecule has 0 saturated heterocycles. The fraction of sp³-hybridized carbons (Fsp3) is 0.0769. The summed E-state index contributed by atoms with van der Waals surface area (Å²) < 4.78 is 44.6. The van der Waals surface area contributed by atoms with Gasteiger partial charge in [-0.2, -0.15) is 0 Å². The number of benzene rings is 1. The average Bonchev–Trinajstić information content (AvgIpc) is 2.46. The largest absolute Gasteiger partial charge is 0.495 e. The number of ether oxygens (including phenoxy) is 1. The molecule has 116 valence electrons. The van der Waals surface area contributed by atoms with E-state index < -0.39 is 26.7 Å². The molecule has 1 aromatic carbocycles. The van der Waals surface area contributed by atoms with Gasteiger partial charge in [0, 0.05) is 6.20 Å². The zero-order valence-electron chi connectivity index (χ0n) is 11.3. The van der Waals surface area contributed by atoms with Crippen molar-refractivity contribution in [3.63, 3.8) is 0 Å². The van der Waals surface area contributed by atoms with Gasteiger partial charge in [0.1, 0.15) is 16.5 Å². The van der Waals surface area contributed by atoms with E-state index in [9.17, 15) is 17.6 Å². The Morgan fingerprint density at radius 1 is 1.32 bits per heavy atom. The molecule has 0 amide bonds. The molecule has 2 rings (SSSR count). The molecule has 0 unspecified atom stereocenters. The highest BCUT2D eigenvalue weighted by Gasteiger charge is 2.19. The van der Waals surface area contributed by atoms with Crippen LogP contribution in [0.5, 0.6) is 5.75 Å². The van der Waals surface area contributed by atoms with E-state index in [1.807, 2.05) is 0 Å². The van der Waals surface area contributed by atoms with E-state index >= 15 is 0 Å². The summed E-state index contributed by atoms with van der Waals surface area (Å²) in [5.74, 6) is -1.91. The number of sulfonamides is 1. The minimum Gasteiger partial charge on any atom is -0.495 e. The summed E-state index contributed by atoms with van der Waals surface area (Å²) in [4.78, 5) is 14.0. The number of aromatic carboxylic acids is 1. The quantitative estimate of drug-likeness (QED) is 0.867. The lowest BCUT2D eigenvalue weighted by molar-refractivity contribution is 0.0697. The second kappa shape index (κ2) is 5.98. The van der Waals surface area contributed by atoms with Gasteiger partial charge >= 0.3 is 5.97 Å². The lowest BCUT2D eigenvalue weighted by Crippen LogP contribution is -2.14. The highest BCUT2D eigenvalue weighted by atomic mass is 32.2. The number of hydrogen-bond donors (Lipinski definition) is 2. The molecule has 22 heavy (non-hydrogen) atoms. The number of carbonyl (C=O) groups is 1. The molecule has 7 nitrogen and oxygen atoms in total. The van der Waals surface area contributed by atoms with Crippen LogP contribution in [0.15, 0.2) is 41.6 Å². The fourth-order valence-electron chi connectivity index (χ4n) is 1.66. The van der Waals surface area contributed by atoms with Crippen molar-refractivity contribution in [2.24, 2.45) is 0 Å². The normalized spacial score (nSPS) is 11.0. The Labute approximate surface area is 125 Å². The minimum atomic E-state index is -4.14. The third-order valence-electron chi connectivity index (χ3n) is 2.68. The standard InChI is InChI=1S/C13H11FN2O5S/c1-21-12-3-2-8(13(17)18)4-11(12)16-22(19,20)10-5-9(14)6-15-7-10/h2-7,16H,1H3,(H,17,18). The summed E-state index contributed by atoms with van der Waals surface area (Å²) in [6, 6.07) is 4.47. The predicted octanol–water partition coefficient (Wildman–Crippen LogP) is 1.73. The van der Waals surface area contributed by atoms with E-state index in [2.05, 4.69) is 9.71 Å². The number of methoxy groups -OCH3 is 1. The molecule has 2 aromatic rings. The van der Waals surface area contributed by atoms with E-state index in [-0.39, 0.29) is 17.0 Å². The monoisotopic (exact) mass is 326 g/mol. The van der Waals surface area contributed by atoms with E-state index in [0.717, 1.165) is 24.5 Å². The first-order valence-electron chi connectivity index (χ1n) is 5.88. The molecule has 1 aromatic heterocycles. The number of nitrogens with one attached hydrogen (secondary N) is 1. The van der Waals surface area contributed by atoms with Crippen molar-refractivity contribution in [1.82, 2.24) is 4.98 Å². The first kappa shape index (κ1) is 15.7. The van der Waals surface area contributed by atoms with Crippen molar-refractivity contribution in [3.05, 3.63) is 48.0 Å². The maximum atomic E-state index is 13.1. The van der Waals surface area contributed by atoms with Crippen molar-refractivity contribution in [2.75, 3.05) is 11.8 Å². The Hall–Kier alpha value is -2.68. The van der Waals surface area contributed by atoms with Crippen molar-refractivity contribution in [1.29, 1.82) is 0 Å². The van der Waals surface area contributed by atoms with Crippen molar-refractivity contribution < 1.29 is 27.4 Å². The van der Waals surface area contributed by atoms with Crippen molar-refractivity contribution >= 4 is 21.7 Å². The number of aromatic nitrogens is 1. The van der Waals surface area contributed by atoms with Crippen LogP contribution in [0, 0.1) is 5.82 Å². The van der Waals surface area contributed by atoms with Gasteiger partial charge in [0.05, 0.1) is 24.6 Å². The molecule has 0 aliphatic heterocycles. The van der Waals surface area contributed by atoms with Crippen LogP contribution in [-0.4, -0.2) is 31.6 Å². The average molecular weight is 326 g/mol. The van der Waals surface area contributed by atoms with E-state index in [0.29, 0.717) is 0 Å². The van der Waals surface area contributed by atoms with Gasteiger partial charge in [0.25, 0.3) is 10.0 Å². The van der Waals surface area contributed by atoms with Crippen LogP contribution >= 0.6 is 0 Å². The Morgan fingerprint density at radius 3 is 2.64 bits per heavy atom. The first-order chi connectivity index (χ1) is 10.3. The lowest BCUT2D eigenvalue weighted by atomic mass is 10.2. The molecule has 0 aliphatic carbocycles. The summed E-state index contributed by atoms with van der Waals surface area (Å²) in [6.07, 6.45) is 1.84. The summed E-state index contributed by atoms with van der Waals surface area (Å²) in [6.45, 7) is 0. The van der Waals surface area contributed by atoms with E-state index in [1.165, 1.54) is 19.2 Å². The molecule has 0 bridgehead atoms. The van der Waals surface area contributed by atoms with Crippen molar-refractivity contribution in [2.45, 2.75) is 4.90 Å². The number of rotatable bonds is 5. The van der Waals surface area contributed by atoms with Crippen molar-refractivity contribution in [3.8, 4) is 5.75 Å². The number of carboxylic acids is 1. The van der Waals surface area contributed by atoms with Crippen LogP contribution < -0.4 is 9.46 Å². The van der Waals surface area contributed by atoms with Gasteiger partial charge in [-0.3, -0.25) is 9.71 Å². The Morgan fingerprint density at radius 2 is 2.05 bits per heavy atom. The predicted molar refractivity (Wildman–Crippen MR) is 75.0 cm³/mol.